The van der Waals surface area contributed by atoms with E-state index in [2.05, 4.69) is 19.2 Å². The van der Waals surface area contributed by atoms with Gasteiger partial charge in [0.2, 0.25) is 5.91 Å². The molecule has 0 aromatic heterocycles. The van der Waals surface area contributed by atoms with E-state index >= 15 is 0 Å². The Morgan fingerprint density at radius 3 is 2.44 bits per heavy atom. The number of hydrogen-bond donors (Lipinski definition) is 2. The number of carbonyl (C=O) groups excluding carboxylic acids is 1. The lowest BCUT2D eigenvalue weighted by atomic mass is 10.1. The first-order valence-corrected chi connectivity index (χ1v) is 6.54. The van der Waals surface area contributed by atoms with Crippen LogP contribution in [0, 0.1) is 5.92 Å². The Balaban J connectivity index is 3.91. The summed E-state index contributed by atoms with van der Waals surface area (Å²) >= 11 is 1.58. The third kappa shape index (κ3) is 8.59. The highest BCUT2D eigenvalue weighted by Gasteiger charge is 2.15. The lowest BCUT2D eigenvalue weighted by molar-refractivity contribution is -0.137. The zero-order valence-corrected chi connectivity index (χ0v) is 11.0. The van der Waals surface area contributed by atoms with Crippen LogP contribution in [-0.4, -0.2) is 35.0 Å². The van der Waals surface area contributed by atoms with Gasteiger partial charge in [-0.3, -0.25) is 9.59 Å². The molecule has 0 saturated carbocycles. The second-order valence-electron chi connectivity index (χ2n) is 4.14. The molecular weight excluding hydrogens is 226 g/mol. The van der Waals surface area contributed by atoms with Gasteiger partial charge in [-0.1, -0.05) is 13.8 Å². The summed E-state index contributed by atoms with van der Waals surface area (Å²) in [5, 5.41) is 11.4. The Hall–Kier alpha value is -0.710. The van der Waals surface area contributed by atoms with Crippen LogP contribution in [-0.2, 0) is 9.59 Å². The Morgan fingerprint density at radius 2 is 2.00 bits per heavy atom. The Bertz CT molecular complexity index is 231. The quantitative estimate of drug-likeness (QED) is 0.685. The molecule has 5 heteroatoms. The molecule has 2 N–H and O–H groups in total. The molecule has 0 aliphatic rings. The van der Waals surface area contributed by atoms with Crippen molar-refractivity contribution in [3.05, 3.63) is 0 Å². The minimum absolute atomic E-state index is 0.00567. The number of aliphatic carboxylic acids is 1. The third-order valence-corrected chi connectivity index (χ3v) is 3.37. The highest BCUT2D eigenvalue weighted by atomic mass is 32.2. The van der Waals surface area contributed by atoms with E-state index < -0.39 is 5.97 Å². The molecule has 0 fully saturated rings. The highest BCUT2D eigenvalue weighted by molar-refractivity contribution is 7.99. The van der Waals surface area contributed by atoms with Gasteiger partial charge in [0.25, 0.3) is 0 Å². The smallest absolute Gasteiger partial charge is 0.304 e. The van der Waals surface area contributed by atoms with E-state index in [0.29, 0.717) is 18.1 Å². The average molecular weight is 247 g/mol. The molecule has 0 aliphatic heterocycles. The van der Waals surface area contributed by atoms with Crippen LogP contribution < -0.4 is 5.32 Å². The number of carbonyl (C=O) groups is 2. The first kappa shape index (κ1) is 15.3. The number of amides is 1. The van der Waals surface area contributed by atoms with Gasteiger partial charge in [-0.15, -0.1) is 0 Å². The average Bonchev–Trinajstić information content (AvgIpc) is 2.15. The molecule has 0 radical (unpaired) electrons. The summed E-state index contributed by atoms with van der Waals surface area (Å²) in [6.45, 7) is 4.16. The molecule has 0 aromatic carbocycles. The maximum atomic E-state index is 11.0. The molecule has 0 heterocycles. The van der Waals surface area contributed by atoms with Crippen LogP contribution in [0.2, 0.25) is 0 Å². The van der Waals surface area contributed by atoms with Crippen LogP contribution in [0.3, 0.4) is 0 Å². The van der Waals surface area contributed by atoms with E-state index in [0.717, 1.165) is 6.42 Å². The van der Waals surface area contributed by atoms with Crippen LogP contribution in [0.1, 0.15) is 33.1 Å². The molecule has 0 aliphatic carbocycles. The molecule has 0 aromatic rings. The van der Waals surface area contributed by atoms with Gasteiger partial charge in [-0.25, -0.2) is 0 Å². The Labute approximate surface area is 101 Å². The van der Waals surface area contributed by atoms with Crippen molar-refractivity contribution in [2.24, 2.45) is 5.92 Å². The van der Waals surface area contributed by atoms with Crippen LogP contribution in [0.15, 0.2) is 0 Å². The van der Waals surface area contributed by atoms with E-state index in [-0.39, 0.29) is 17.6 Å². The molecule has 0 bridgehead atoms. The summed E-state index contributed by atoms with van der Waals surface area (Å²) in [5.41, 5.74) is 0. The van der Waals surface area contributed by atoms with E-state index in [9.17, 15) is 9.59 Å². The number of nitrogens with one attached hydrogen (secondary N) is 1. The van der Waals surface area contributed by atoms with Crippen molar-refractivity contribution < 1.29 is 14.7 Å². The molecule has 1 unspecified atom stereocenters. The lowest BCUT2D eigenvalue weighted by Gasteiger charge is -2.16. The Kier molecular flexibility index (Phi) is 8.07. The molecule has 1 atom stereocenters. The SMILES string of the molecule is CNC(=O)CCSC(CC(=O)O)CC(C)C. The molecule has 1 amide bonds. The van der Waals surface area contributed by atoms with Crippen LogP contribution in [0.5, 0.6) is 0 Å². The van der Waals surface area contributed by atoms with Gasteiger partial charge in [0.1, 0.15) is 0 Å². The minimum atomic E-state index is -0.766. The van der Waals surface area contributed by atoms with Gasteiger partial charge < -0.3 is 10.4 Å². The summed E-state index contributed by atoms with van der Waals surface area (Å²) < 4.78 is 0. The van der Waals surface area contributed by atoms with Gasteiger partial charge in [-0.05, 0) is 12.3 Å². The molecule has 0 saturated heterocycles. The van der Waals surface area contributed by atoms with Crippen molar-refractivity contribution in [1.29, 1.82) is 0 Å². The second kappa shape index (κ2) is 8.44. The van der Waals surface area contributed by atoms with E-state index in [4.69, 9.17) is 5.11 Å². The fourth-order valence-electron chi connectivity index (χ4n) is 1.37. The monoisotopic (exact) mass is 247 g/mol. The van der Waals surface area contributed by atoms with Gasteiger partial charge >= 0.3 is 5.97 Å². The fourth-order valence-corrected chi connectivity index (χ4v) is 2.79. The zero-order chi connectivity index (χ0) is 12.6. The van der Waals surface area contributed by atoms with Crippen molar-refractivity contribution in [2.75, 3.05) is 12.8 Å². The normalized spacial score (nSPS) is 12.5. The molecule has 4 nitrogen and oxygen atoms in total. The summed E-state index contributed by atoms with van der Waals surface area (Å²) in [4.78, 5) is 21.6. The first-order valence-electron chi connectivity index (χ1n) is 5.49. The van der Waals surface area contributed by atoms with Crippen LogP contribution in [0.4, 0.5) is 0 Å². The summed E-state index contributed by atoms with van der Waals surface area (Å²) in [7, 11) is 1.61. The van der Waals surface area contributed by atoms with Crippen molar-refractivity contribution in [3.8, 4) is 0 Å². The van der Waals surface area contributed by atoms with Crippen molar-refractivity contribution in [3.63, 3.8) is 0 Å². The predicted molar refractivity (Wildman–Crippen MR) is 66.6 cm³/mol. The van der Waals surface area contributed by atoms with E-state index in [1.165, 1.54) is 0 Å². The maximum Gasteiger partial charge on any atom is 0.304 e. The summed E-state index contributed by atoms with van der Waals surface area (Å²) in [5.74, 6) is 0.408. The molecule has 0 rings (SSSR count). The summed E-state index contributed by atoms with van der Waals surface area (Å²) in [6, 6.07) is 0. The standard InChI is InChI=1S/C11H21NO3S/c1-8(2)6-9(7-11(14)15)16-5-4-10(13)12-3/h8-9H,4-7H2,1-3H3,(H,12,13)(H,14,15). The third-order valence-electron chi connectivity index (χ3n) is 2.10. The topological polar surface area (TPSA) is 66.4 Å². The number of rotatable bonds is 8. The van der Waals surface area contributed by atoms with Gasteiger partial charge in [-0.2, -0.15) is 11.8 Å². The number of carboxylic acid groups (broad SMARTS) is 1. The Morgan fingerprint density at radius 1 is 1.38 bits per heavy atom. The van der Waals surface area contributed by atoms with Gasteiger partial charge in [0, 0.05) is 24.5 Å². The second-order valence-corrected chi connectivity index (χ2v) is 5.55. The van der Waals surface area contributed by atoms with E-state index in [1.807, 2.05) is 0 Å². The number of hydrogen-bond acceptors (Lipinski definition) is 3. The van der Waals surface area contributed by atoms with Gasteiger partial charge in [0.15, 0.2) is 0 Å². The van der Waals surface area contributed by atoms with Crippen LogP contribution in [0.25, 0.3) is 0 Å². The minimum Gasteiger partial charge on any atom is -0.481 e. The summed E-state index contributed by atoms with van der Waals surface area (Å²) in [6.07, 6.45) is 1.51. The highest BCUT2D eigenvalue weighted by Crippen LogP contribution is 2.23. The molecular formula is C11H21NO3S. The lowest BCUT2D eigenvalue weighted by Crippen LogP contribution is -2.19. The van der Waals surface area contributed by atoms with Crippen molar-refractivity contribution >= 4 is 23.6 Å². The largest absolute Gasteiger partial charge is 0.481 e. The van der Waals surface area contributed by atoms with Crippen molar-refractivity contribution in [2.45, 2.75) is 38.4 Å². The number of thioether (sulfide) groups is 1. The van der Waals surface area contributed by atoms with Crippen LogP contribution >= 0.6 is 11.8 Å². The number of carboxylic acids is 1. The van der Waals surface area contributed by atoms with E-state index in [1.54, 1.807) is 18.8 Å². The van der Waals surface area contributed by atoms with Crippen molar-refractivity contribution in [1.82, 2.24) is 5.32 Å². The fraction of sp³-hybridized carbons (Fsp3) is 0.818. The molecule has 94 valence electrons. The van der Waals surface area contributed by atoms with Gasteiger partial charge in [0.05, 0.1) is 6.42 Å². The first-order chi connectivity index (χ1) is 7.45. The molecule has 16 heavy (non-hydrogen) atoms. The maximum absolute atomic E-state index is 11.0. The predicted octanol–water partition coefficient (Wildman–Crippen LogP) is 1.75. The zero-order valence-electron chi connectivity index (χ0n) is 10.2. The molecule has 0 spiro atoms.